The lowest BCUT2D eigenvalue weighted by Crippen LogP contribution is -2.43. The lowest BCUT2D eigenvalue weighted by Gasteiger charge is -2.34. The molecule has 0 radical (unpaired) electrons. The van der Waals surface area contributed by atoms with Gasteiger partial charge in [0.05, 0.1) is 13.0 Å². The van der Waals surface area contributed by atoms with Crippen LogP contribution in [-0.4, -0.2) is 35.1 Å². The van der Waals surface area contributed by atoms with E-state index in [9.17, 15) is 9.90 Å². The summed E-state index contributed by atoms with van der Waals surface area (Å²) in [6.45, 7) is 0.492. The predicted octanol–water partition coefficient (Wildman–Crippen LogP) is 2.67. The van der Waals surface area contributed by atoms with Crippen molar-refractivity contribution < 1.29 is 9.90 Å². The maximum atomic E-state index is 12.5. The molecule has 4 heteroatoms. The van der Waals surface area contributed by atoms with Gasteiger partial charge in [0.2, 0.25) is 5.91 Å². The fourth-order valence-corrected chi connectivity index (χ4v) is 3.05. The van der Waals surface area contributed by atoms with E-state index in [1.54, 1.807) is 0 Å². The van der Waals surface area contributed by atoms with Crippen LogP contribution < -0.4 is 0 Å². The van der Waals surface area contributed by atoms with Gasteiger partial charge in [-0.25, -0.2) is 0 Å². The Labute approximate surface area is 126 Å². The molecular formula is C16H23NO2S. The van der Waals surface area contributed by atoms with Crippen molar-refractivity contribution in [2.75, 3.05) is 13.2 Å². The largest absolute Gasteiger partial charge is 0.395 e. The number of amides is 1. The second-order valence-corrected chi connectivity index (χ2v) is 5.96. The molecule has 3 nitrogen and oxygen atoms in total. The van der Waals surface area contributed by atoms with E-state index < -0.39 is 0 Å². The first kappa shape index (κ1) is 15.4. The molecule has 0 atom stereocenters. The predicted molar refractivity (Wildman–Crippen MR) is 83.1 cm³/mol. The number of carbonyl (C=O) groups is 1. The lowest BCUT2D eigenvalue weighted by molar-refractivity contribution is -0.134. The van der Waals surface area contributed by atoms with Crippen molar-refractivity contribution in [3.05, 3.63) is 29.8 Å². The van der Waals surface area contributed by atoms with Crippen LogP contribution in [0.15, 0.2) is 29.2 Å². The SMILES string of the molecule is O=C(Cc1ccc(S)cc1)N(CCO)C1CCCCC1. The van der Waals surface area contributed by atoms with Crippen LogP contribution in [0.4, 0.5) is 0 Å². The summed E-state index contributed by atoms with van der Waals surface area (Å²) in [5, 5.41) is 9.21. The molecule has 1 aliphatic carbocycles. The minimum atomic E-state index is 0.0395. The number of aliphatic hydroxyl groups excluding tert-OH is 1. The highest BCUT2D eigenvalue weighted by atomic mass is 32.1. The Bertz CT molecular complexity index is 427. The van der Waals surface area contributed by atoms with E-state index in [0.29, 0.717) is 19.0 Å². The molecule has 1 aliphatic rings. The Morgan fingerprint density at radius 1 is 1.20 bits per heavy atom. The summed E-state index contributed by atoms with van der Waals surface area (Å²) in [5.41, 5.74) is 1.01. The van der Waals surface area contributed by atoms with Gasteiger partial charge in [-0.2, -0.15) is 0 Å². The normalized spacial score (nSPS) is 16.1. The molecule has 0 aliphatic heterocycles. The first-order valence-corrected chi connectivity index (χ1v) is 7.83. The zero-order valence-electron chi connectivity index (χ0n) is 11.8. The molecule has 0 bridgehead atoms. The molecule has 0 saturated heterocycles. The molecule has 0 unspecified atom stereocenters. The van der Waals surface area contributed by atoms with Gasteiger partial charge in [0.15, 0.2) is 0 Å². The third-order valence-electron chi connectivity index (χ3n) is 3.97. The van der Waals surface area contributed by atoms with Gasteiger partial charge in [-0.1, -0.05) is 31.4 Å². The van der Waals surface area contributed by atoms with Crippen molar-refractivity contribution in [1.82, 2.24) is 4.90 Å². The first-order chi connectivity index (χ1) is 9.70. The second kappa shape index (κ2) is 7.70. The minimum Gasteiger partial charge on any atom is -0.395 e. The number of benzene rings is 1. The van der Waals surface area contributed by atoms with Gasteiger partial charge in [-0.05, 0) is 30.5 Å². The summed E-state index contributed by atoms with van der Waals surface area (Å²) in [7, 11) is 0. The Morgan fingerprint density at radius 2 is 1.85 bits per heavy atom. The van der Waals surface area contributed by atoms with Crippen LogP contribution in [0.5, 0.6) is 0 Å². The highest BCUT2D eigenvalue weighted by Crippen LogP contribution is 2.23. The average Bonchev–Trinajstić information content (AvgIpc) is 2.48. The number of thiol groups is 1. The standard InChI is InChI=1S/C16H23NO2S/c18-11-10-17(14-4-2-1-3-5-14)16(19)12-13-6-8-15(20)9-7-13/h6-9,14,18,20H,1-5,10-12H2. The van der Waals surface area contributed by atoms with Crippen LogP contribution in [0.3, 0.4) is 0 Å². The Morgan fingerprint density at radius 3 is 2.45 bits per heavy atom. The van der Waals surface area contributed by atoms with Crippen LogP contribution in [0.2, 0.25) is 0 Å². The summed E-state index contributed by atoms with van der Waals surface area (Å²) in [6, 6.07) is 8.01. The van der Waals surface area contributed by atoms with Gasteiger partial charge in [0.25, 0.3) is 0 Å². The molecular weight excluding hydrogens is 270 g/mol. The van der Waals surface area contributed by atoms with Crippen molar-refractivity contribution in [3.63, 3.8) is 0 Å². The number of hydrogen-bond acceptors (Lipinski definition) is 3. The monoisotopic (exact) mass is 293 g/mol. The van der Waals surface area contributed by atoms with Crippen LogP contribution in [0, 0.1) is 0 Å². The molecule has 2 rings (SSSR count). The number of rotatable bonds is 5. The smallest absolute Gasteiger partial charge is 0.227 e. The minimum absolute atomic E-state index is 0.0395. The molecule has 0 spiro atoms. The Balaban J connectivity index is 2.00. The molecule has 1 saturated carbocycles. The lowest BCUT2D eigenvalue weighted by atomic mass is 9.93. The van der Waals surface area contributed by atoms with Crippen molar-refractivity contribution in [1.29, 1.82) is 0 Å². The van der Waals surface area contributed by atoms with E-state index >= 15 is 0 Å². The topological polar surface area (TPSA) is 40.5 Å². The van der Waals surface area contributed by atoms with E-state index in [1.165, 1.54) is 19.3 Å². The number of nitrogens with zero attached hydrogens (tertiary/aromatic N) is 1. The molecule has 1 N–H and O–H groups in total. The highest BCUT2D eigenvalue weighted by molar-refractivity contribution is 7.80. The zero-order valence-corrected chi connectivity index (χ0v) is 12.7. The molecule has 20 heavy (non-hydrogen) atoms. The fraction of sp³-hybridized carbons (Fsp3) is 0.562. The second-order valence-electron chi connectivity index (χ2n) is 5.45. The third-order valence-corrected chi connectivity index (χ3v) is 4.27. The van der Waals surface area contributed by atoms with Crippen LogP contribution in [0.1, 0.15) is 37.7 Å². The van der Waals surface area contributed by atoms with Crippen LogP contribution in [0.25, 0.3) is 0 Å². The molecule has 0 heterocycles. The quantitative estimate of drug-likeness (QED) is 0.820. The molecule has 1 amide bonds. The van der Waals surface area contributed by atoms with Gasteiger partial charge < -0.3 is 10.0 Å². The molecule has 110 valence electrons. The maximum Gasteiger partial charge on any atom is 0.227 e. The fourth-order valence-electron chi connectivity index (χ4n) is 2.90. The van der Waals surface area contributed by atoms with E-state index in [1.807, 2.05) is 29.2 Å². The number of carbonyl (C=O) groups excluding carboxylic acids is 1. The number of hydrogen-bond donors (Lipinski definition) is 2. The Hall–Kier alpha value is -1.00. The summed E-state index contributed by atoms with van der Waals surface area (Å²) < 4.78 is 0. The zero-order chi connectivity index (χ0) is 14.4. The average molecular weight is 293 g/mol. The van der Waals surface area contributed by atoms with Crippen molar-refractivity contribution in [2.24, 2.45) is 0 Å². The van der Waals surface area contributed by atoms with E-state index in [-0.39, 0.29) is 12.5 Å². The molecule has 1 aromatic carbocycles. The van der Waals surface area contributed by atoms with E-state index in [4.69, 9.17) is 0 Å². The van der Waals surface area contributed by atoms with E-state index in [0.717, 1.165) is 23.3 Å². The first-order valence-electron chi connectivity index (χ1n) is 7.39. The number of aliphatic hydroxyl groups is 1. The van der Waals surface area contributed by atoms with Gasteiger partial charge in [0, 0.05) is 17.5 Å². The van der Waals surface area contributed by atoms with E-state index in [2.05, 4.69) is 12.6 Å². The molecule has 1 aromatic rings. The molecule has 1 fully saturated rings. The summed E-state index contributed by atoms with van der Waals surface area (Å²) >= 11 is 4.25. The third kappa shape index (κ3) is 4.25. The molecule has 0 aromatic heterocycles. The van der Waals surface area contributed by atoms with Crippen molar-refractivity contribution in [2.45, 2.75) is 49.5 Å². The summed E-state index contributed by atoms with van der Waals surface area (Å²) in [5.74, 6) is 0.123. The van der Waals surface area contributed by atoms with Crippen LogP contribution >= 0.6 is 12.6 Å². The van der Waals surface area contributed by atoms with Gasteiger partial charge in [-0.15, -0.1) is 12.6 Å². The maximum absolute atomic E-state index is 12.5. The summed E-state index contributed by atoms with van der Waals surface area (Å²) in [6.07, 6.45) is 6.19. The highest BCUT2D eigenvalue weighted by Gasteiger charge is 2.24. The van der Waals surface area contributed by atoms with Crippen LogP contribution in [-0.2, 0) is 11.2 Å². The van der Waals surface area contributed by atoms with Crippen molar-refractivity contribution >= 4 is 18.5 Å². The summed E-state index contributed by atoms with van der Waals surface area (Å²) in [4.78, 5) is 15.3. The van der Waals surface area contributed by atoms with Gasteiger partial charge in [0.1, 0.15) is 0 Å². The van der Waals surface area contributed by atoms with Gasteiger partial charge >= 0.3 is 0 Å². The van der Waals surface area contributed by atoms with Gasteiger partial charge in [-0.3, -0.25) is 4.79 Å². The van der Waals surface area contributed by atoms with Crippen molar-refractivity contribution in [3.8, 4) is 0 Å². The Kier molecular flexibility index (Phi) is 5.92.